The van der Waals surface area contributed by atoms with Crippen LogP contribution in [-0.4, -0.2) is 29.5 Å². The normalized spacial score (nSPS) is 29.4. The fourth-order valence-electron chi connectivity index (χ4n) is 1.99. The van der Waals surface area contributed by atoms with Crippen molar-refractivity contribution in [1.29, 1.82) is 0 Å². The topological polar surface area (TPSA) is 29.5 Å². The van der Waals surface area contributed by atoms with Crippen molar-refractivity contribution in [3.8, 4) is 0 Å². The van der Waals surface area contributed by atoms with Crippen molar-refractivity contribution in [2.75, 3.05) is 19.7 Å². The molecule has 0 aromatic heterocycles. The second-order valence-electron chi connectivity index (χ2n) is 6.83. The Bertz CT molecular complexity index is 288. The maximum Gasteiger partial charge on any atom is 0.277 e. The highest BCUT2D eigenvalue weighted by molar-refractivity contribution is 7.58. The molecule has 0 N–H and O–H groups in total. The van der Waals surface area contributed by atoms with E-state index in [-0.39, 0.29) is 10.6 Å². The third-order valence-electron chi connectivity index (χ3n) is 2.70. The van der Waals surface area contributed by atoms with E-state index in [4.69, 9.17) is 4.52 Å². The summed E-state index contributed by atoms with van der Waals surface area (Å²) < 4.78 is 20.7. The minimum absolute atomic E-state index is 0.154. The van der Waals surface area contributed by atoms with Gasteiger partial charge in [0, 0.05) is 13.1 Å². The first-order valence-electron chi connectivity index (χ1n) is 6.06. The Kier molecular flexibility index (Phi) is 3.94. The minimum atomic E-state index is -2.67. The van der Waals surface area contributed by atoms with Crippen molar-refractivity contribution in [3.05, 3.63) is 0 Å². The summed E-state index contributed by atoms with van der Waals surface area (Å²) in [6, 6.07) is 0. The van der Waals surface area contributed by atoms with Crippen molar-refractivity contribution in [2.24, 2.45) is 5.41 Å². The maximum atomic E-state index is 13.0. The van der Waals surface area contributed by atoms with E-state index < -0.39 is 7.52 Å². The summed E-state index contributed by atoms with van der Waals surface area (Å²) in [6.45, 7) is 14.9. The van der Waals surface area contributed by atoms with E-state index in [0.717, 1.165) is 19.5 Å². The molecule has 16 heavy (non-hydrogen) atoms. The van der Waals surface area contributed by atoms with E-state index in [2.05, 4.69) is 25.4 Å². The van der Waals surface area contributed by atoms with Crippen molar-refractivity contribution >= 4 is 7.52 Å². The zero-order chi connectivity index (χ0) is 12.6. The molecule has 1 fully saturated rings. The zero-order valence-electron chi connectivity index (χ0n) is 11.5. The van der Waals surface area contributed by atoms with E-state index in [1.807, 2.05) is 20.8 Å². The van der Waals surface area contributed by atoms with E-state index in [9.17, 15) is 4.57 Å². The zero-order valence-corrected chi connectivity index (χ0v) is 12.4. The molecule has 0 bridgehead atoms. The summed E-state index contributed by atoms with van der Waals surface area (Å²) in [6.07, 6.45) is 0.982. The summed E-state index contributed by atoms with van der Waals surface area (Å²) in [5.41, 5.74) is 0.154. The van der Waals surface area contributed by atoms with Gasteiger partial charge >= 0.3 is 0 Å². The summed E-state index contributed by atoms with van der Waals surface area (Å²) >= 11 is 0. The van der Waals surface area contributed by atoms with Gasteiger partial charge in [0.15, 0.2) is 0 Å². The van der Waals surface area contributed by atoms with Crippen molar-refractivity contribution in [1.82, 2.24) is 4.67 Å². The molecular weight excluding hydrogens is 221 g/mol. The number of nitrogens with zero attached hydrogens (tertiary/aromatic N) is 1. The van der Waals surface area contributed by atoms with Crippen LogP contribution in [0.3, 0.4) is 0 Å². The van der Waals surface area contributed by atoms with Gasteiger partial charge in [-0.15, -0.1) is 0 Å². The largest absolute Gasteiger partial charge is 0.317 e. The molecule has 0 spiro atoms. The van der Waals surface area contributed by atoms with Crippen molar-refractivity contribution in [3.63, 3.8) is 0 Å². The average molecular weight is 247 g/mol. The predicted molar refractivity (Wildman–Crippen MR) is 69.0 cm³/mol. The van der Waals surface area contributed by atoms with Crippen LogP contribution in [0.2, 0.25) is 0 Å². The lowest BCUT2D eigenvalue weighted by molar-refractivity contribution is 0.165. The predicted octanol–water partition coefficient (Wildman–Crippen LogP) is 3.75. The maximum absolute atomic E-state index is 13.0. The van der Waals surface area contributed by atoms with Crippen LogP contribution in [0.5, 0.6) is 0 Å². The molecular formula is C12H26NO2P. The Labute approximate surface area is 100 Å². The van der Waals surface area contributed by atoms with Gasteiger partial charge in [-0.2, -0.15) is 0 Å². The number of rotatable bonds is 1. The van der Waals surface area contributed by atoms with E-state index in [1.54, 1.807) is 0 Å². The summed E-state index contributed by atoms with van der Waals surface area (Å²) in [5, 5.41) is -0.293. The van der Waals surface area contributed by atoms with Crippen molar-refractivity contribution in [2.45, 2.75) is 53.1 Å². The molecule has 4 heteroatoms. The molecule has 0 aliphatic carbocycles. The highest BCUT2D eigenvalue weighted by Crippen LogP contribution is 2.63. The molecule has 96 valence electrons. The third-order valence-corrected chi connectivity index (χ3v) is 6.02. The highest BCUT2D eigenvalue weighted by atomic mass is 31.2. The van der Waals surface area contributed by atoms with Crippen LogP contribution in [0.25, 0.3) is 0 Å². The second-order valence-corrected chi connectivity index (χ2v) is 10.0. The Morgan fingerprint density at radius 1 is 1.19 bits per heavy atom. The first-order valence-corrected chi connectivity index (χ1v) is 7.64. The van der Waals surface area contributed by atoms with Crippen molar-refractivity contribution < 1.29 is 9.09 Å². The fraction of sp³-hybridized carbons (Fsp3) is 1.00. The van der Waals surface area contributed by atoms with Gasteiger partial charge in [-0.05, 0) is 32.6 Å². The van der Waals surface area contributed by atoms with E-state index in [0.29, 0.717) is 6.61 Å². The molecule has 0 aromatic carbocycles. The molecule has 1 saturated heterocycles. The molecule has 0 aromatic rings. The molecule has 0 unspecified atom stereocenters. The Morgan fingerprint density at radius 2 is 1.75 bits per heavy atom. The monoisotopic (exact) mass is 247 g/mol. The molecule has 0 amide bonds. The van der Waals surface area contributed by atoms with Gasteiger partial charge in [0.2, 0.25) is 0 Å². The minimum Gasteiger partial charge on any atom is -0.317 e. The Balaban J connectivity index is 2.92. The van der Waals surface area contributed by atoms with Gasteiger partial charge < -0.3 is 4.52 Å². The summed E-state index contributed by atoms with van der Waals surface area (Å²) in [4.78, 5) is 0. The van der Waals surface area contributed by atoms with Crippen LogP contribution in [0.4, 0.5) is 0 Å². The molecule has 1 heterocycles. The molecule has 1 aliphatic heterocycles. The smallest absolute Gasteiger partial charge is 0.277 e. The molecule has 0 radical (unpaired) electrons. The lowest BCUT2D eigenvalue weighted by Gasteiger charge is -2.44. The first kappa shape index (κ1) is 14.2. The van der Waals surface area contributed by atoms with Crippen LogP contribution in [0.1, 0.15) is 48.0 Å². The quantitative estimate of drug-likeness (QED) is 0.661. The Hall–Kier alpha value is 0.150. The molecule has 3 nitrogen and oxygen atoms in total. The first-order chi connectivity index (χ1) is 7.06. The standard InChI is InChI=1S/C12H26NO2P/c1-11(2,3)10-13-8-7-9-15-16(13,14)12(4,5)6/h7-10H2,1-6H3/t16-/m1/s1. The lowest BCUT2D eigenvalue weighted by atomic mass is 9.97. The summed E-state index contributed by atoms with van der Waals surface area (Å²) in [5.74, 6) is 0. The summed E-state index contributed by atoms with van der Waals surface area (Å²) in [7, 11) is -2.67. The second kappa shape index (κ2) is 4.44. The number of hydrogen-bond donors (Lipinski definition) is 0. The third kappa shape index (κ3) is 3.09. The van der Waals surface area contributed by atoms with Gasteiger partial charge in [-0.1, -0.05) is 20.8 Å². The Morgan fingerprint density at radius 3 is 2.19 bits per heavy atom. The van der Waals surface area contributed by atoms with Gasteiger partial charge in [0.25, 0.3) is 7.52 Å². The van der Waals surface area contributed by atoms with Gasteiger partial charge in [0.1, 0.15) is 0 Å². The van der Waals surface area contributed by atoms with Crippen LogP contribution < -0.4 is 0 Å². The lowest BCUT2D eigenvalue weighted by Crippen LogP contribution is -2.40. The van der Waals surface area contributed by atoms with Crippen LogP contribution in [-0.2, 0) is 9.09 Å². The average Bonchev–Trinajstić information content (AvgIpc) is 2.04. The van der Waals surface area contributed by atoms with Crippen LogP contribution in [0, 0.1) is 5.41 Å². The fourth-order valence-corrected chi connectivity index (χ4v) is 4.78. The SMILES string of the molecule is CC(C)(C)CN1CCCO[P@]1(=O)C(C)(C)C. The van der Waals surface area contributed by atoms with Gasteiger partial charge in [-0.25, -0.2) is 4.67 Å². The molecule has 1 rings (SSSR count). The number of hydrogen-bond acceptors (Lipinski definition) is 2. The molecule has 0 saturated carbocycles. The van der Waals surface area contributed by atoms with Gasteiger partial charge in [-0.3, -0.25) is 4.57 Å². The van der Waals surface area contributed by atoms with Crippen LogP contribution in [0.15, 0.2) is 0 Å². The van der Waals surface area contributed by atoms with Gasteiger partial charge in [0.05, 0.1) is 11.8 Å². The van der Waals surface area contributed by atoms with E-state index in [1.165, 1.54) is 0 Å². The van der Waals surface area contributed by atoms with Crippen LogP contribution >= 0.6 is 7.52 Å². The molecule has 1 atom stereocenters. The van der Waals surface area contributed by atoms with E-state index >= 15 is 0 Å². The molecule has 1 aliphatic rings. The highest BCUT2D eigenvalue weighted by Gasteiger charge is 2.46.